The van der Waals surface area contributed by atoms with Crippen LogP contribution >= 0.6 is 0 Å². The predicted octanol–water partition coefficient (Wildman–Crippen LogP) is 2.72. The number of hydrogen-bond donors (Lipinski definition) is 2. The van der Waals surface area contributed by atoms with E-state index >= 15 is 0 Å². The van der Waals surface area contributed by atoms with Crippen molar-refractivity contribution in [2.24, 2.45) is 11.8 Å². The number of hydrogen-bond acceptors (Lipinski definition) is 3. The Morgan fingerprint density at radius 3 is 2.52 bits per heavy atom. The summed E-state index contributed by atoms with van der Waals surface area (Å²) in [5.74, 6) is -0.0306. The summed E-state index contributed by atoms with van der Waals surface area (Å²) in [4.78, 5) is 39.2. The first-order chi connectivity index (χ1) is 12.8. The fourth-order valence-electron chi connectivity index (χ4n) is 3.51. The van der Waals surface area contributed by atoms with Crippen LogP contribution in [0.5, 0.6) is 0 Å². The quantitative estimate of drug-likeness (QED) is 0.835. The van der Waals surface area contributed by atoms with Gasteiger partial charge in [-0.2, -0.15) is 0 Å². The summed E-state index contributed by atoms with van der Waals surface area (Å²) >= 11 is 0. The number of piperidine rings is 1. The van der Waals surface area contributed by atoms with E-state index in [9.17, 15) is 14.4 Å². The van der Waals surface area contributed by atoms with Gasteiger partial charge in [0.25, 0.3) is 5.91 Å². The Hall–Kier alpha value is -2.37. The van der Waals surface area contributed by atoms with Crippen LogP contribution in [0.15, 0.2) is 18.2 Å². The number of nitrogens with one attached hydrogen (secondary N) is 2. The topological polar surface area (TPSA) is 78.5 Å². The van der Waals surface area contributed by atoms with Crippen molar-refractivity contribution in [3.05, 3.63) is 29.3 Å². The number of carbonyl (C=O) groups is 3. The molecule has 146 valence electrons. The molecule has 3 amide bonds. The molecule has 6 nitrogen and oxygen atoms in total. The first-order valence-corrected chi connectivity index (χ1v) is 9.86. The number of carbonyl (C=O) groups excluding carboxylic acids is 3. The molecule has 1 aliphatic heterocycles. The SMILES string of the molecule is Cc1ccc(NC(=O)C2CCCN(C(=O)C3CC3)C2)cc1C(=O)NC(C)C. The third-order valence-electron chi connectivity index (χ3n) is 5.20. The number of amides is 3. The minimum Gasteiger partial charge on any atom is -0.350 e. The highest BCUT2D eigenvalue weighted by Crippen LogP contribution is 2.32. The van der Waals surface area contributed by atoms with Gasteiger partial charge in [-0.05, 0) is 64.2 Å². The molecule has 1 atom stereocenters. The fourth-order valence-corrected chi connectivity index (χ4v) is 3.51. The Morgan fingerprint density at radius 1 is 1.11 bits per heavy atom. The van der Waals surface area contributed by atoms with Crippen LogP contribution in [0.3, 0.4) is 0 Å². The number of benzene rings is 1. The van der Waals surface area contributed by atoms with Crippen molar-refractivity contribution < 1.29 is 14.4 Å². The maximum atomic E-state index is 12.7. The largest absolute Gasteiger partial charge is 0.350 e. The van der Waals surface area contributed by atoms with E-state index in [0.717, 1.165) is 37.8 Å². The second-order valence-electron chi connectivity index (χ2n) is 8.04. The molecule has 1 aromatic rings. The molecule has 3 rings (SSSR count). The van der Waals surface area contributed by atoms with Gasteiger partial charge in [0, 0.05) is 36.3 Å². The molecule has 2 N–H and O–H groups in total. The highest BCUT2D eigenvalue weighted by molar-refractivity contribution is 5.99. The fraction of sp³-hybridized carbons (Fsp3) is 0.571. The second-order valence-corrected chi connectivity index (χ2v) is 8.04. The third-order valence-corrected chi connectivity index (χ3v) is 5.20. The van der Waals surface area contributed by atoms with Crippen LogP contribution in [0.4, 0.5) is 5.69 Å². The first-order valence-electron chi connectivity index (χ1n) is 9.86. The van der Waals surface area contributed by atoms with Crippen molar-refractivity contribution in [3.63, 3.8) is 0 Å². The molecule has 1 unspecified atom stereocenters. The molecule has 1 aliphatic carbocycles. The standard InChI is InChI=1S/C21H29N3O3/c1-13(2)22-20(26)18-11-17(9-6-14(18)3)23-19(25)16-5-4-10-24(12-16)21(27)15-7-8-15/h6,9,11,13,15-16H,4-5,7-8,10,12H2,1-3H3,(H,22,26)(H,23,25). The average Bonchev–Trinajstić information content (AvgIpc) is 3.47. The lowest BCUT2D eigenvalue weighted by Gasteiger charge is -2.32. The minimum atomic E-state index is -0.198. The van der Waals surface area contributed by atoms with Crippen LogP contribution in [0.25, 0.3) is 0 Å². The third kappa shape index (κ3) is 4.87. The molecule has 0 radical (unpaired) electrons. The molecule has 0 spiro atoms. The molecular formula is C21H29N3O3. The summed E-state index contributed by atoms with van der Waals surface area (Å²) in [5, 5.41) is 5.82. The van der Waals surface area contributed by atoms with E-state index in [4.69, 9.17) is 0 Å². The normalized spacial score (nSPS) is 19.7. The molecule has 2 aliphatic rings. The molecule has 1 saturated heterocycles. The average molecular weight is 371 g/mol. The number of rotatable bonds is 5. The van der Waals surface area contributed by atoms with Gasteiger partial charge >= 0.3 is 0 Å². The lowest BCUT2D eigenvalue weighted by Crippen LogP contribution is -2.44. The molecule has 1 aromatic carbocycles. The molecule has 2 fully saturated rings. The highest BCUT2D eigenvalue weighted by atomic mass is 16.2. The van der Waals surface area contributed by atoms with Crippen molar-refractivity contribution >= 4 is 23.4 Å². The monoisotopic (exact) mass is 371 g/mol. The Labute approximate surface area is 160 Å². The Bertz CT molecular complexity index is 740. The first kappa shape index (κ1) is 19.4. The smallest absolute Gasteiger partial charge is 0.251 e. The lowest BCUT2D eigenvalue weighted by molar-refractivity contribution is -0.135. The van der Waals surface area contributed by atoms with Crippen LogP contribution in [0.2, 0.25) is 0 Å². The van der Waals surface area contributed by atoms with Crippen molar-refractivity contribution in [2.75, 3.05) is 18.4 Å². The van der Waals surface area contributed by atoms with Gasteiger partial charge in [0.1, 0.15) is 0 Å². The van der Waals surface area contributed by atoms with Gasteiger partial charge in [0.05, 0.1) is 5.92 Å². The van der Waals surface area contributed by atoms with Crippen LogP contribution < -0.4 is 10.6 Å². The van der Waals surface area contributed by atoms with Crippen LogP contribution in [-0.4, -0.2) is 41.8 Å². The second kappa shape index (κ2) is 8.11. The highest BCUT2D eigenvalue weighted by Gasteiger charge is 2.36. The van der Waals surface area contributed by atoms with E-state index in [1.165, 1.54) is 0 Å². The van der Waals surface area contributed by atoms with E-state index in [2.05, 4.69) is 10.6 Å². The summed E-state index contributed by atoms with van der Waals surface area (Å²) in [6.07, 6.45) is 3.60. The summed E-state index contributed by atoms with van der Waals surface area (Å²) in [6.45, 7) is 6.95. The Morgan fingerprint density at radius 2 is 1.85 bits per heavy atom. The van der Waals surface area contributed by atoms with Crippen molar-refractivity contribution in [1.82, 2.24) is 10.2 Å². The summed E-state index contributed by atoms with van der Waals surface area (Å²) in [7, 11) is 0. The lowest BCUT2D eigenvalue weighted by atomic mass is 9.96. The summed E-state index contributed by atoms with van der Waals surface area (Å²) in [6, 6.07) is 5.43. The van der Waals surface area contributed by atoms with Gasteiger partial charge < -0.3 is 15.5 Å². The molecule has 1 saturated carbocycles. The molecule has 0 bridgehead atoms. The molecule has 6 heteroatoms. The van der Waals surface area contributed by atoms with Crippen molar-refractivity contribution in [2.45, 2.75) is 52.5 Å². The maximum absolute atomic E-state index is 12.7. The summed E-state index contributed by atoms with van der Waals surface area (Å²) < 4.78 is 0. The van der Waals surface area contributed by atoms with Crippen molar-refractivity contribution in [1.29, 1.82) is 0 Å². The molecular weight excluding hydrogens is 342 g/mol. The van der Waals surface area contributed by atoms with Gasteiger partial charge in [-0.1, -0.05) is 6.07 Å². The molecule has 27 heavy (non-hydrogen) atoms. The van der Waals surface area contributed by atoms with E-state index in [-0.39, 0.29) is 35.6 Å². The number of likely N-dealkylation sites (tertiary alicyclic amines) is 1. The zero-order valence-corrected chi connectivity index (χ0v) is 16.4. The zero-order valence-electron chi connectivity index (χ0n) is 16.4. The molecule has 0 aromatic heterocycles. The minimum absolute atomic E-state index is 0.0485. The van der Waals surface area contributed by atoms with E-state index in [1.807, 2.05) is 37.8 Å². The van der Waals surface area contributed by atoms with Crippen molar-refractivity contribution in [3.8, 4) is 0 Å². The number of aryl methyl sites for hydroxylation is 1. The zero-order chi connectivity index (χ0) is 19.6. The van der Waals surface area contributed by atoms with Crippen LogP contribution in [-0.2, 0) is 9.59 Å². The maximum Gasteiger partial charge on any atom is 0.251 e. The molecule has 1 heterocycles. The van der Waals surface area contributed by atoms with Crippen LogP contribution in [0.1, 0.15) is 55.5 Å². The summed E-state index contributed by atoms with van der Waals surface area (Å²) in [5.41, 5.74) is 2.05. The van der Waals surface area contributed by atoms with Gasteiger partial charge in [0.2, 0.25) is 11.8 Å². The van der Waals surface area contributed by atoms with Crippen LogP contribution in [0, 0.1) is 18.8 Å². The van der Waals surface area contributed by atoms with Gasteiger partial charge in [-0.3, -0.25) is 14.4 Å². The van der Waals surface area contributed by atoms with Gasteiger partial charge in [-0.15, -0.1) is 0 Å². The Kier molecular flexibility index (Phi) is 5.82. The Balaban J connectivity index is 1.64. The predicted molar refractivity (Wildman–Crippen MR) is 104 cm³/mol. The van der Waals surface area contributed by atoms with E-state index in [0.29, 0.717) is 17.8 Å². The van der Waals surface area contributed by atoms with Gasteiger partial charge in [0.15, 0.2) is 0 Å². The number of nitrogens with zero attached hydrogens (tertiary/aromatic N) is 1. The van der Waals surface area contributed by atoms with E-state index in [1.54, 1.807) is 6.07 Å². The van der Waals surface area contributed by atoms with Gasteiger partial charge in [-0.25, -0.2) is 0 Å². The van der Waals surface area contributed by atoms with E-state index < -0.39 is 0 Å². The number of anilines is 1.